The van der Waals surface area contributed by atoms with E-state index in [4.69, 9.17) is 23.2 Å². The van der Waals surface area contributed by atoms with E-state index in [1.54, 1.807) is 18.2 Å². The maximum Gasteiger partial charge on any atom is 0.216 e. The largest absolute Gasteiger partial charge is 0.315 e. The van der Waals surface area contributed by atoms with Crippen LogP contribution in [0.2, 0.25) is 10.0 Å². The third kappa shape index (κ3) is 5.39. The van der Waals surface area contributed by atoms with Crippen molar-refractivity contribution in [2.75, 3.05) is 13.1 Å². The van der Waals surface area contributed by atoms with Gasteiger partial charge in [0.1, 0.15) is 0 Å². The van der Waals surface area contributed by atoms with Crippen LogP contribution in [0.4, 0.5) is 0 Å². The Bertz CT molecular complexity index is 546. The number of hydrogen-bond acceptors (Lipinski definition) is 3. The van der Waals surface area contributed by atoms with Crippen LogP contribution in [0.3, 0.4) is 0 Å². The van der Waals surface area contributed by atoms with Gasteiger partial charge in [-0.25, -0.2) is 13.1 Å². The molecule has 0 aromatic heterocycles. The second-order valence-electron chi connectivity index (χ2n) is 4.67. The minimum atomic E-state index is -3.36. The normalized spacial score (nSPS) is 19.4. The van der Waals surface area contributed by atoms with Crippen molar-refractivity contribution in [3.05, 3.63) is 33.8 Å². The van der Waals surface area contributed by atoms with E-state index in [1.807, 2.05) is 0 Å². The van der Waals surface area contributed by atoms with E-state index < -0.39 is 10.0 Å². The van der Waals surface area contributed by atoms with Crippen LogP contribution >= 0.6 is 35.6 Å². The Morgan fingerprint density at radius 3 is 2.65 bits per heavy atom. The minimum Gasteiger partial charge on any atom is -0.315 e. The molecule has 2 N–H and O–H groups in total. The third-order valence-corrected chi connectivity index (χ3v) is 5.13. The van der Waals surface area contributed by atoms with Gasteiger partial charge in [-0.2, -0.15) is 0 Å². The Morgan fingerprint density at radius 1 is 1.30 bits per heavy atom. The van der Waals surface area contributed by atoms with Crippen molar-refractivity contribution >= 4 is 45.6 Å². The zero-order chi connectivity index (χ0) is 13.9. The molecule has 1 aromatic carbocycles. The first-order valence-corrected chi connectivity index (χ1v) is 8.52. The SMILES string of the molecule is Cl.O=S(=O)(Cc1ccc(Cl)c(Cl)c1)NC1CCCNC1. The second-order valence-corrected chi connectivity index (χ2v) is 7.24. The molecule has 1 fully saturated rings. The minimum absolute atomic E-state index is 0. The van der Waals surface area contributed by atoms with E-state index in [0.717, 1.165) is 19.4 Å². The fourth-order valence-electron chi connectivity index (χ4n) is 2.10. The monoisotopic (exact) mass is 358 g/mol. The molecule has 1 aliphatic rings. The van der Waals surface area contributed by atoms with Gasteiger partial charge < -0.3 is 5.32 Å². The first-order chi connectivity index (χ1) is 8.96. The number of rotatable bonds is 4. The molecule has 8 heteroatoms. The van der Waals surface area contributed by atoms with Crippen LogP contribution in [0.1, 0.15) is 18.4 Å². The van der Waals surface area contributed by atoms with Crippen molar-refractivity contribution in [1.29, 1.82) is 0 Å². The average Bonchev–Trinajstić information content (AvgIpc) is 2.34. The molecule has 20 heavy (non-hydrogen) atoms. The Balaban J connectivity index is 0.00000200. The molecular weight excluding hydrogens is 343 g/mol. The predicted molar refractivity (Wildman–Crippen MR) is 85.4 cm³/mol. The van der Waals surface area contributed by atoms with E-state index in [9.17, 15) is 8.42 Å². The zero-order valence-corrected chi connectivity index (χ0v) is 13.9. The molecule has 1 aromatic rings. The average molecular weight is 360 g/mol. The van der Waals surface area contributed by atoms with Crippen molar-refractivity contribution < 1.29 is 8.42 Å². The van der Waals surface area contributed by atoms with Gasteiger partial charge in [0.25, 0.3) is 0 Å². The van der Waals surface area contributed by atoms with Crippen LogP contribution in [-0.2, 0) is 15.8 Å². The van der Waals surface area contributed by atoms with Crippen molar-refractivity contribution in [1.82, 2.24) is 10.0 Å². The summed E-state index contributed by atoms with van der Waals surface area (Å²) in [5.41, 5.74) is 0.630. The molecule has 1 atom stereocenters. The number of benzene rings is 1. The lowest BCUT2D eigenvalue weighted by Gasteiger charge is -2.23. The highest BCUT2D eigenvalue weighted by Gasteiger charge is 2.20. The summed E-state index contributed by atoms with van der Waals surface area (Å²) in [4.78, 5) is 0. The Hall–Kier alpha value is -0.0400. The van der Waals surface area contributed by atoms with Crippen LogP contribution in [-0.4, -0.2) is 27.5 Å². The molecular formula is C12H17Cl3N2O2S. The van der Waals surface area contributed by atoms with Crippen molar-refractivity contribution in [3.8, 4) is 0 Å². The van der Waals surface area contributed by atoms with Gasteiger partial charge in [-0.1, -0.05) is 29.3 Å². The summed E-state index contributed by atoms with van der Waals surface area (Å²) in [6.07, 6.45) is 1.85. The first kappa shape index (κ1) is 18.0. The van der Waals surface area contributed by atoms with Crippen LogP contribution in [0.15, 0.2) is 18.2 Å². The van der Waals surface area contributed by atoms with Crippen molar-refractivity contribution in [3.63, 3.8) is 0 Å². The molecule has 2 rings (SSSR count). The van der Waals surface area contributed by atoms with Gasteiger partial charge in [-0.3, -0.25) is 0 Å². The molecule has 0 spiro atoms. The summed E-state index contributed by atoms with van der Waals surface area (Å²) >= 11 is 11.7. The third-order valence-electron chi connectivity index (χ3n) is 2.98. The number of halogens is 3. The summed E-state index contributed by atoms with van der Waals surface area (Å²) in [7, 11) is -3.36. The number of sulfonamides is 1. The molecule has 0 radical (unpaired) electrons. The highest BCUT2D eigenvalue weighted by molar-refractivity contribution is 7.88. The molecule has 0 amide bonds. The van der Waals surface area contributed by atoms with Gasteiger partial charge in [-0.05, 0) is 37.1 Å². The molecule has 0 saturated carbocycles. The van der Waals surface area contributed by atoms with Crippen molar-refractivity contribution in [2.45, 2.75) is 24.6 Å². The lowest BCUT2D eigenvalue weighted by atomic mass is 10.1. The summed E-state index contributed by atoms with van der Waals surface area (Å²) in [5.74, 6) is -0.0829. The van der Waals surface area contributed by atoms with E-state index in [2.05, 4.69) is 10.0 Å². The summed E-state index contributed by atoms with van der Waals surface area (Å²) in [5, 5.41) is 3.96. The molecule has 4 nitrogen and oxygen atoms in total. The van der Waals surface area contributed by atoms with Gasteiger partial charge in [0.15, 0.2) is 0 Å². The maximum absolute atomic E-state index is 12.0. The quantitative estimate of drug-likeness (QED) is 0.869. The Morgan fingerprint density at radius 2 is 2.05 bits per heavy atom. The molecule has 0 aliphatic carbocycles. The highest BCUT2D eigenvalue weighted by Crippen LogP contribution is 2.23. The topological polar surface area (TPSA) is 58.2 Å². The van der Waals surface area contributed by atoms with Crippen LogP contribution < -0.4 is 10.0 Å². The van der Waals surface area contributed by atoms with Crippen LogP contribution in [0, 0.1) is 0 Å². The first-order valence-electron chi connectivity index (χ1n) is 6.11. The molecule has 0 bridgehead atoms. The summed E-state index contributed by atoms with van der Waals surface area (Å²) in [6.45, 7) is 1.63. The number of nitrogens with one attached hydrogen (secondary N) is 2. The summed E-state index contributed by atoms with van der Waals surface area (Å²) < 4.78 is 26.8. The van der Waals surface area contributed by atoms with Gasteiger partial charge >= 0.3 is 0 Å². The van der Waals surface area contributed by atoms with Gasteiger partial charge in [0, 0.05) is 12.6 Å². The van der Waals surface area contributed by atoms with E-state index in [1.165, 1.54) is 0 Å². The van der Waals surface area contributed by atoms with Crippen LogP contribution in [0.5, 0.6) is 0 Å². The summed E-state index contributed by atoms with van der Waals surface area (Å²) in [6, 6.07) is 4.84. The van der Waals surface area contributed by atoms with Gasteiger partial charge in [-0.15, -0.1) is 12.4 Å². The van der Waals surface area contributed by atoms with Gasteiger partial charge in [0.05, 0.1) is 15.8 Å². The molecule has 1 aliphatic heterocycles. The molecule has 1 unspecified atom stereocenters. The molecule has 1 heterocycles. The fraction of sp³-hybridized carbons (Fsp3) is 0.500. The fourth-order valence-corrected chi connectivity index (χ4v) is 3.83. The van der Waals surface area contributed by atoms with E-state index in [0.29, 0.717) is 22.2 Å². The second kappa shape index (κ2) is 7.82. The van der Waals surface area contributed by atoms with Crippen LogP contribution in [0.25, 0.3) is 0 Å². The van der Waals surface area contributed by atoms with Crippen molar-refractivity contribution in [2.24, 2.45) is 0 Å². The standard InChI is InChI=1S/C12H16Cl2N2O2S.ClH/c13-11-4-3-9(6-12(11)14)8-19(17,18)16-10-2-1-5-15-7-10;/h3-4,6,10,15-16H,1-2,5,7-8H2;1H. The zero-order valence-electron chi connectivity index (χ0n) is 10.7. The van der Waals surface area contributed by atoms with E-state index in [-0.39, 0.29) is 24.2 Å². The Kier molecular flexibility index (Phi) is 7.04. The lowest BCUT2D eigenvalue weighted by Crippen LogP contribution is -2.45. The Labute approximate surface area is 135 Å². The lowest BCUT2D eigenvalue weighted by molar-refractivity contribution is 0.428. The smallest absolute Gasteiger partial charge is 0.216 e. The highest BCUT2D eigenvalue weighted by atomic mass is 35.5. The number of hydrogen-bond donors (Lipinski definition) is 2. The van der Waals surface area contributed by atoms with E-state index >= 15 is 0 Å². The number of piperidine rings is 1. The molecule has 114 valence electrons. The predicted octanol–water partition coefficient (Wildman–Crippen LogP) is 2.59. The van der Waals surface area contributed by atoms with Gasteiger partial charge in [0.2, 0.25) is 10.0 Å². The molecule has 1 saturated heterocycles. The maximum atomic E-state index is 12.0.